The van der Waals surface area contributed by atoms with Crippen LogP contribution >= 0.6 is 12.4 Å². The zero-order valence-corrected chi connectivity index (χ0v) is 14.8. The first kappa shape index (κ1) is 20.0. The van der Waals surface area contributed by atoms with Crippen molar-refractivity contribution in [2.45, 2.75) is 26.3 Å². The van der Waals surface area contributed by atoms with Crippen LogP contribution in [-0.2, 0) is 4.79 Å². The molecule has 0 saturated carbocycles. The number of nitrogens with two attached hydrogens (primary N) is 1. The van der Waals surface area contributed by atoms with Crippen LogP contribution in [0.1, 0.15) is 20.8 Å². The summed E-state index contributed by atoms with van der Waals surface area (Å²) in [7, 11) is 0. The first-order valence-electron chi connectivity index (χ1n) is 7.52. The Balaban J connectivity index is 0.00000288. The summed E-state index contributed by atoms with van der Waals surface area (Å²) in [4.78, 5) is 23.3. The Hall–Kier alpha value is -2.05. The van der Waals surface area contributed by atoms with Crippen molar-refractivity contribution in [2.24, 2.45) is 11.7 Å². The van der Waals surface area contributed by atoms with Crippen molar-refractivity contribution in [3.05, 3.63) is 40.8 Å². The van der Waals surface area contributed by atoms with Gasteiger partial charge in [0.05, 0.1) is 5.54 Å². The van der Waals surface area contributed by atoms with E-state index in [0.29, 0.717) is 17.9 Å². The van der Waals surface area contributed by atoms with Gasteiger partial charge >= 0.3 is 5.63 Å². The van der Waals surface area contributed by atoms with Crippen molar-refractivity contribution in [1.29, 1.82) is 0 Å². The van der Waals surface area contributed by atoms with Crippen LogP contribution < -0.4 is 21.4 Å². The molecule has 0 fully saturated rings. The van der Waals surface area contributed by atoms with E-state index in [9.17, 15) is 9.59 Å². The molecule has 132 valence electrons. The third-order valence-electron chi connectivity index (χ3n) is 4.09. The van der Waals surface area contributed by atoms with Gasteiger partial charge in [-0.2, -0.15) is 0 Å². The molecule has 0 aliphatic heterocycles. The van der Waals surface area contributed by atoms with Gasteiger partial charge in [-0.1, -0.05) is 13.8 Å². The average molecular weight is 355 g/mol. The van der Waals surface area contributed by atoms with Crippen molar-refractivity contribution < 1.29 is 13.9 Å². The maximum absolute atomic E-state index is 12.0. The summed E-state index contributed by atoms with van der Waals surface area (Å²) in [6.07, 6.45) is 0. The minimum absolute atomic E-state index is 0. The smallest absolute Gasteiger partial charge is 0.336 e. The molecule has 1 aromatic heterocycles. The summed E-state index contributed by atoms with van der Waals surface area (Å²) in [5.41, 5.74) is 5.26. The Bertz CT molecular complexity index is 760. The van der Waals surface area contributed by atoms with E-state index in [1.165, 1.54) is 6.07 Å². The molecule has 0 radical (unpaired) electrons. The Labute approximate surface area is 146 Å². The van der Waals surface area contributed by atoms with Crippen LogP contribution in [0.4, 0.5) is 0 Å². The molecule has 2 rings (SSSR count). The molecule has 1 amide bonds. The quantitative estimate of drug-likeness (QED) is 0.774. The molecular formula is C17H23ClN2O4. The minimum Gasteiger partial charge on any atom is -0.484 e. The third-order valence-corrected chi connectivity index (χ3v) is 4.09. The lowest BCUT2D eigenvalue weighted by Crippen LogP contribution is -2.56. The SMILES string of the molecule is CC(C)C(C)(CN)NC(=O)COc1ccc2ccc(=O)oc2c1.Cl. The summed E-state index contributed by atoms with van der Waals surface area (Å²) in [6.45, 7) is 6.11. The summed E-state index contributed by atoms with van der Waals surface area (Å²) in [6, 6.07) is 8.11. The predicted molar refractivity (Wildman–Crippen MR) is 95.7 cm³/mol. The number of nitrogens with one attached hydrogen (secondary N) is 1. The van der Waals surface area contributed by atoms with Crippen molar-refractivity contribution in [3.63, 3.8) is 0 Å². The third kappa shape index (κ3) is 4.72. The van der Waals surface area contributed by atoms with Gasteiger partial charge in [-0.15, -0.1) is 12.4 Å². The van der Waals surface area contributed by atoms with Gasteiger partial charge in [0.1, 0.15) is 11.3 Å². The van der Waals surface area contributed by atoms with Gasteiger partial charge in [0, 0.05) is 24.1 Å². The summed E-state index contributed by atoms with van der Waals surface area (Å²) < 4.78 is 10.6. The Kier molecular flexibility index (Phi) is 6.81. The molecule has 1 heterocycles. The van der Waals surface area contributed by atoms with E-state index < -0.39 is 11.2 Å². The predicted octanol–water partition coefficient (Wildman–Crippen LogP) is 2.08. The maximum Gasteiger partial charge on any atom is 0.336 e. The highest BCUT2D eigenvalue weighted by molar-refractivity contribution is 5.85. The number of benzene rings is 1. The van der Waals surface area contributed by atoms with Gasteiger partial charge in [0.25, 0.3) is 5.91 Å². The van der Waals surface area contributed by atoms with Crippen LogP contribution in [0.15, 0.2) is 39.5 Å². The lowest BCUT2D eigenvalue weighted by Gasteiger charge is -2.33. The van der Waals surface area contributed by atoms with E-state index >= 15 is 0 Å². The second-order valence-corrected chi connectivity index (χ2v) is 6.07. The fourth-order valence-corrected chi connectivity index (χ4v) is 2.07. The van der Waals surface area contributed by atoms with E-state index in [1.54, 1.807) is 24.3 Å². The van der Waals surface area contributed by atoms with Gasteiger partial charge in [-0.3, -0.25) is 4.79 Å². The summed E-state index contributed by atoms with van der Waals surface area (Å²) in [5.74, 6) is 0.411. The number of amides is 1. The van der Waals surface area contributed by atoms with Gasteiger partial charge in [0.15, 0.2) is 6.61 Å². The molecule has 7 heteroatoms. The highest BCUT2D eigenvalue weighted by Gasteiger charge is 2.28. The van der Waals surface area contributed by atoms with Gasteiger partial charge < -0.3 is 20.2 Å². The molecular weight excluding hydrogens is 332 g/mol. The Morgan fingerprint density at radius 3 is 2.62 bits per heavy atom. The zero-order valence-electron chi connectivity index (χ0n) is 14.0. The average Bonchev–Trinajstić information content (AvgIpc) is 2.52. The fourth-order valence-electron chi connectivity index (χ4n) is 2.07. The molecule has 1 aromatic carbocycles. The standard InChI is InChI=1S/C17H22N2O4.ClH/c1-11(2)17(3,10-18)19-15(20)9-22-13-6-4-12-5-7-16(21)23-14(12)8-13;/h4-8,11H,9-10,18H2,1-3H3,(H,19,20);1H. The largest absolute Gasteiger partial charge is 0.484 e. The van der Waals surface area contributed by atoms with Crippen LogP contribution in [0.5, 0.6) is 5.75 Å². The summed E-state index contributed by atoms with van der Waals surface area (Å²) in [5, 5.41) is 3.69. The van der Waals surface area contributed by atoms with E-state index in [0.717, 1.165) is 5.39 Å². The molecule has 6 nitrogen and oxygen atoms in total. The normalized spacial score (nSPS) is 13.2. The maximum atomic E-state index is 12.0. The van der Waals surface area contributed by atoms with Crippen molar-refractivity contribution >= 4 is 29.3 Å². The highest BCUT2D eigenvalue weighted by Crippen LogP contribution is 2.19. The Morgan fingerprint density at radius 1 is 1.33 bits per heavy atom. The first-order chi connectivity index (χ1) is 10.8. The van der Waals surface area contributed by atoms with E-state index in [4.69, 9.17) is 14.9 Å². The number of halogens is 1. The molecule has 1 unspecified atom stereocenters. The first-order valence-corrected chi connectivity index (χ1v) is 7.52. The van der Waals surface area contributed by atoms with Gasteiger partial charge in [-0.25, -0.2) is 4.79 Å². The van der Waals surface area contributed by atoms with Crippen LogP contribution in [0.2, 0.25) is 0 Å². The van der Waals surface area contributed by atoms with Crippen molar-refractivity contribution in [2.75, 3.05) is 13.2 Å². The van der Waals surface area contributed by atoms with Gasteiger partial charge in [-0.05, 0) is 31.0 Å². The molecule has 0 saturated heterocycles. The lowest BCUT2D eigenvalue weighted by molar-refractivity contribution is -0.125. The molecule has 3 N–H and O–H groups in total. The minimum atomic E-state index is -0.476. The van der Waals surface area contributed by atoms with E-state index in [2.05, 4.69) is 5.32 Å². The van der Waals surface area contributed by atoms with Crippen molar-refractivity contribution in [1.82, 2.24) is 5.32 Å². The van der Waals surface area contributed by atoms with E-state index in [1.807, 2.05) is 20.8 Å². The number of hydrogen-bond donors (Lipinski definition) is 2. The lowest BCUT2D eigenvalue weighted by atomic mass is 9.88. The Morgan fingerprint density at radius 2 is 2.00 bits per heavy atom. The topological polar surface area (TPSA) is 94.6 Å². The van der Waals surface area contributed by atoms with Crippen molar-refractivity contribution in [3.8, 4) is 5.75 Å². The van der Waals surface area contributed by atoms with Gasteiger partial charge in [0.2, 0.25) is 0 Å². The second kappa shape index (κ2) is 8.17. The second-order valence-electron chi connectivity index (χ2n) is 6.07. The molecule has 24 heavy (non-hydrogen) atoms. The number of rotatable bonds is 6. The fraction of sp³-hybridized carbons (Fsp3) is 0.412. The molecule has 2 aromatic rings. The van der Waals surface area contributed by atoms with Crippen LogP contribution in [0.25, 0.3) is 11.0 Å². The molecule has 0 bridgehead atoms. The molecule has 1 atom stereocenters. The molecule has 0 spiro atoms. The molecule has 0 aliphatic rings. The molecule has 0 aliphatic carbocycles. The van der Waals surface area contributed by atoms with Crippen LogP contribution in [0, 0.1) is 5.92 Å². The van der Waals surface area contributed by atoms with E-state index in [-0.39, 0.29) is 30.8 Å². The highest BCUT2D eigenvalue weighted by atomic mass is 35.5. The van der Waals surface area contributed by atoms with Crippen LogP contribution in [-0.4, -0.2) is 24.6 Å². The number of fused-ring (bicyclic) bond motifs is 1. The number of ether oxygens (including phenoxy) is 1. The number of carbonyl (C=O) groups is 1. The number of hydrogen-bond acceptors (Lipinski definition) is 5. The summed E-state index contributed by atoms with van der Waals surface area (Å²) >= 11 is 0. The monoisotopic (exact) mass is 354 g/mol. The number of carbonyl (C=O) groups excluding carboxylic acids is 1. The van der Waals surface area contributed by atoms with Crippen LogP contribution in [0.3, 0.4) is 0 Å². The zero-order chi connectivity index (χ0) is 17.0.